The van der Waals surface area contributed by atoms with E-state index in [9.17, 15) is 4.79 Å². The van der Waals surface area contributed by atoms with E-state index >= 15 is 0 Å². The van der Waals surface area contributed by atoms with Crippen LogP contribution in [0.3, 0.4) is 0 Å². The van der Waals surface area contributed by atoms with Crippen molar-refractivity contribution in [2.45, 2.75) is 19.0 Å². The van der Waals surface area contributed by atoms with Crippen LogP contribution >= 0.6 is 11.6 Å². The Kier molecular flexibility index (Phi) is 6.08. The molecule has 4 nitrogen and oxygen atoms in total. The molecule has 2 aromatic carbocycles. The molecule has 25 heavy (non-hydrogen) atoms. The van der Waals surface area contributed by atoms with Crippen molar-refractivity contribution in [2.24, 2.45) is 5.73 Å². The van der Waals surface area contributed by atoms with Crippen LogP contribution in [-0.2, 0) is 11.3 Å². The van der Waals surface area contributed by atoms with E-state index in [-0.39, 0.29) is 11.9 Å². The summed E-state index contributed by atoms with van der Waals surface area (Å²) in [6.45, 7) is 4.18. The van der Waals surface area contributed by atoms with E-state index < -0.39 is 0 Å². The summed E-state index contributed by atoms with van der Waals surface area (Å²) < 4.78 is 0. The maximum absolute atomic E-state index is 12.5. The van der Waals surface area contributed by atoms with Crippen LogP contribution in [0.15, 0.2) is 54.6 Å². The van der Waals surface area contributed by atoms with Gasteiger partial charge < -0.3 is 10.6 Å². The maximum atomic E-state index is 12.5. The average molecular weight is 358 g/mol. The summed E-state index contributed by atoms with van der Waals surface area (Å²) in [4.78, 5) is 16.8. The van der Waals surface area contributed by atoms with Gasteiger partial charge in [-0.15, -0.1) is 0 Å². The first kappa shape index (κ1) is 17.9. The van der Waals surface area contributed by atoms with E-state index in [2.05, 4.69) is 17.0 Å². The third-order valence-electron chi connectivity index (χ3n) is 4.67. The highest BCUT2D eigenvalue weighted by Crippen LogP contribution is 2.17. The number of carbonyl (C=O) groups is 1. The van der Waals surface area contributed by atoms with Gasteiger partial charge in [-0.2, -0.15) is 0 Å². The van der Waals surface area contributed by atoms with Gasteiger partial charge in [0.05, 0.1) is 0 Å². The van der Waals surface area contributed by atoms with E-state index in [1.165, 1.54) is 5.56 Å². The number of nitrogens with two attached hydrogens (primary N) is 1. The molecule has 0 bridgehead atoms. The van der Waals surface area contributed by atoms with Crippen LogP contribution in [0, 0.1) is 0 Å². The molecule has 0 spiro atoms. The van der Waals surface area contributed by atoms with Gasteiger partial charge in [0.2, 0.25) is 5.91 Å². The number of rotatable bonds is 5. The average Bonchev–Trinajstić information content (AvgIpc) is 2.65. The van der Waals surface area contributed by atoms with Crippen LogP contribution in [0.5, 0.6) is 0 Å². The lowest BCUT2D eigenvalue weighted by molar-refractivity contribution is -0.133. The van der Waals surface area contributed by atoms with E-state index in [4.69, 9.17) is 17.3 Å². The van der Waals surface area contributed by atoms with Crippen molar-refractivity contribution in [2.75, 3.05) is 26.2 Å². The highest BCUT2D eigenvalue weighted by Gasteiger charge is 2.22. The van der Waals surface area contributed by atoms with Crippen LogP contribution in [0.4, 0.5) is 0 Å². The third-order valence-corrected chi connectivity index (χ3v) is 4.92. The normalized spacial score (nSPS) is 16.6. The molecule has 1 saturated heterocycles. The summed E-state index contributed by atoms with van der Waals surface area (Å²) in [6.07, 6.45) is 0.362. The highest BCUT2D eigenvalue weighted by molar-refractivity contribution is 6.30. The molecule has 1 atom stereocenters. The minimum absolute atomic E-state index is 0.141. The van der Waals surface area contributed by atoms with Gasteiger partial charge in [0, 0.05) is 50.2 Å². The molecular weight excluding hydrogens is 334 g/mol. The van der Waals surface area contributed by atoms with Crippen molar-refractivity contribution in [1.29, 1.82) is 0 Å². The predicted molar refractivity (Wildman–Crippen MR) is 101 cm³/mol. The molecule has 0 radical (unpaired) electrons. The van der Waals surface area contributed by atoms with E-state index in [1.807, 2.05) is 47.4 Å². The zero-order valence-electron chi connectivity index (χ0n) is 14.3. The molecule has 1 aliphatic heterocycles. The molecule has 3 rings (SSSR count). The zero-order chi connectivity index (χ0) is 17.6. The number of amides is 1. The molecule has 0 aromatic heterocycles. The van der Waals surface area contributed by atoms with Gasteiger partial charge in [-0.1, -0.05) is 54.1 Å². The van der Waals surface area contributed by atoms with Crippen molar-refractivity contribution in [3.8, 4) is 0 Å². The fourth-order valence-electron chi connectivity index (χ4n) is 3.14. The van der Waals surface area contributed by atoms with E-state index in [0.29, 0.717) is 6.42 Å². The number of halogens is 1. The molecule has 0 saturated carbocycles. The second-order valence-corrected chi connectivity index (χ2v) is 6.94. The predicted octanol–water partition coefficient (Wildman–Crippen LogP) is 3.07. The molecular formula is C20H24ClN3O. The minimum Gasteiger partial charge on any atom is -0.340 e. The monoisotopic (exact) mass is 357 g/mol. The van der Waals surface area contributed by atoms with Crippen molar-refractivity contribution in [1.82, 2.24) is 9.80 Å². The first-order valence-corrected chi connectivity index (χ1v) is 9.05. The number of piperazine rings is 1. The highest BCUT2D eigenvalue weighted by atomic mass is 35.5. The largest absolute Gasteiger partial charge is 0.340 e. The molecule has 1 aliphatic rings. The van der Waals surface area contributed by atoms with Gasteiger partial charge in [-0.3, -0.25) is 9.69 Å². The number of carbonyl (C=O) groups excluding carboxylic acids is 1. The third kappa shape index (κ3) is 5.05. The van der Waals surface area contributed by atoms with Crippen molar-refractivity contribution in [3.63, 3.8) is 0 Å². The van der Waals surface area contributed by atoms with Gasteiger partial charge in [-0.05, 0) is 23.3 Å². The van der Waals surface area contributed by atoms with E-state index in [1.54, 1.807) is 0 Å². The van der Waals surface area contributed by atoms with Crippen molar-refractivity contribution < 1.29 is 4.79 Å². The Morgan fingerprint density at radius 3 is 2.28 bits per heavy atom. The minimum atomic E-state index is -0.235. The Labute approximate surface area is 154 Å². The van der Waals surface area contributed by atoms with Crippen LogP contribution in [-0.4, -0.2) is 41.9 Å². The van der Waals surface area contributed by atoms with Crippen molar-refractivity contribution in [3.05, 3.63) is 70.7 Å². The van der Waals surface area contributed by atoms with E-state index in [0.717, 1.165) is 43.3 Å². The smallest absolute Gasteiger partial charge is 0.224 e. The summed E-state index contributed by atoms with van der Waals surface area (Å²) in [5, 5.41) is 0.758. The fraction of sp³-hybridized carbons (Fsp3) is 0.350. The molecule has 1 heterocycles. The molecule has 1 amide bonds. The fourth-order valence-corrected chi connectivity index (χ4v) is 3.26. The quantitative estimate of drug-likeness (QED) is 0.894. The second-order valence-electron chi connectivity index (χ2n) is 6.50. The lowest BCUT2D eigenvalue weighted by Gasteiger charge is -2.35. The summed E-state index contributed by atoms with van der Waals surface area (Å²) in [6, 6.07) is 17.5. The number of benzene rings is 2. The molecule has 2 aromatic rings. The van der Waals surface area contributed by atoms with Gasteiger partial charge in [0.15, 0.2) is 0 Å². The number of nitrogens with zero attached hydrogens (tertiary/aromatic N) is 2. The lowest BCUT2D eigenvalue weighted by Crippen LogP contribution is -2.48. The Hall–Kier alpha value is -1.88. The van der Waals surface area contributed by atoms with Gasteiger partial charge >= 0.3 is 0 Å². The molecule has 5 heteroatoms. The van der Waals surface area contributed by atoms with Gasteiger partial charge in [-0.25, -0.2) is 0 Å². The molecule has 1 fully saturated rings. The van der Waals surface area contributed by atoms with Gasteiger partial charge in [0.25, 0.3) is 0 Å². The summed E-state index contributed by atoms with van der Waals surface area (Å²) in [7, 11) is 0. The van der Waals surface area contributed by atoms with Crippen LogP contribution in [0.2, 0.25) is 5.02 Å². The Morgan fingerprint density at radius 2 is 1.64 bits per heavy atom. The summed E-state index contributed by atoms with van der Waals surface area (Å²) >= 11 is 5.93. The first-order chi connectivity index (χ1) is 12.1. The van der Waals surface area contributed by atoms with Crippen LogP contribution < -0.4 is 5.73 Å². The Bertz CT molecular complexity index is 682. The first-order valence-electron chi connectivity index (χ1n) is 8.67. The maximum Gasteiger partial charge on any atom is 0.224 e. The van der Waals surface area contributed by atoms with Gasteiger partial charge in [0.1, 0.15) is 0 Å². The summed E-state index contributed by atoms with van der Waals surface area (Å²) in [5.74, 6) is 0.141. The molecule has 2 N–H and O–H groups in total. The number of hydrogen-bond donors (Lipinski definition) is 1. The van der Waals surface area contributed by atoms with Crippen LogP contribution in [0.1, 0.15) is 23.6 Å². The summed E-state index contributed by atoms with van der Waals surface area (Å²) in [5.41, 5.74) is 8.43. The standard InChI is InChI=1S/C20H24ClN3O/c21-18-8-6-16(7-9-18)15-23-10-12-24(13-11-23)20(25)14-19(22)17-4-2-1-3-5-17/h1-9,19H,10-15,22H2. The SMILES string of the molecule is NC(CC(=O)N1CCN(Cc2ccc(Cl)cc2)CC1)c1ccccc1. The molecule has 132 valence electrons. The zero-order valence-corrected chi connectivity index (χ0v) is 15.0. The van der Waals surface area contributed by atoms with Crippen molar-refractivity contribution >= 4 is 17.5 Å². The molecule has 0 aliphatic carbocycles. The topological polar surface area (TPSA) is 49.6 Å². The Morgan fingerprint density at radius 1 is 1.00 bits per heavy atom. The van der Waals surface area contributed by atoms with Crippen LogP contribution in [0.25, 0.3) is 0 Å². The lowest BCUT2D eigenvalue weighted by atomic mass is 10.0. The Balaban J connectivity index is 1.46. The second kappa shape index (κ2) is 8.48. The molecule has 1 unspecified atom stereocenters. The number of hydrogen-bond acceptors (Lipinski definition) is 3.